The molecule has 0 fully saturated rings. The molecule has 0 atom stereocenters. The number of halogens is 1. The molecule has 1 heterocycles. The first-order chi connectivity index (χ1) is 10.1. The fourth-order valence-electron chi connectivity index (χ4n) is 1.81. The number of nitrogens with one attached hydrogen (secondary N) is 1. The molecule has 0 unspecified atom stereocenters. The van der Waals surface area contributed by atoms with Gasteiger partial charge in [0.25, 0.3) is 5.56 Å². The molecular weight excluding hydrogens is 273 g/mol. The molecule has 0 saturated carbocycles. The van der Waals surface area contributed by atoms with E-state index in [0.717, 1.165) is 0 Å². The average molecular weight is 289 g/mol. The lowest BCUT2D eigenvalue weighted by atomic mass is 10.1. The Morgan fingerprint density at radius 1 is 1.33 bits per heavy atom. The fourth-order valence-corrected chi connectivity index (χ4v) is 1.81. The summed E-state index contributed by atoms with van der Waals surface area (Å²) >= 11 is 0. The van der Waals surface area contributed by atoms with E-state index in [1.807, 2.05) is 0 Å². The zero-order chi connectivity index (χ0) is 15.2. The summed E-state index contributed by atoms with van der Waals surface area (Å²) in [6.07, 6.45) is 1.84. The third-order valence-corrected chi connectivity index (χ3v) is 3.02. The Bertz CT molecular complexity index is 680. The van der Waals surface area contributed by atoms with Crippen LogP contribution in [0.15, 0.2) is 41.5 Å². The van der Waals surface area contributed by atoms with Crippen LogP contribution in [0, 0.1) is 5.82 Å². The number of hydrogen-bond donors (Lipinski definition) is 1. The number of amides is 1. The van der Waals surface area contributed by atoms with Crippen molar-refractivity contribution < 1.29 is 9.18 Å². The molecule has 21 heavy (non-hydrogen) atoms. The highest BCUT2D eigenvalue weighted by molar-refractivity contribution is 5.75. The number of carbonyl (C=O) groups is 1. The normalized spacial score (nSPS) is 10.4. The minimum absolute atomic E-state index is 0.0565. The van der Waals surface area contributed by atoms with Crippen molar-refractivity contribution in [2.75, 3.05) is 6.54 Å². The van der Waals surface area contributed by atoms with Gasteiger partial charge >= 0.3 is 0 Å². The van der Waals surface area contributed by atoms with E-state index in [9.17, 15) is 14.0 Å². The van der Waals surface area contributed by atoms with Gasteiger partial charge in [0, 0.05) is 31.1 Å². The molecule has 0 aliphatic rings. The van der Waals surface area contributed by atoms with Crippen LogP contribution in [-0.4, -0.2) is 22.0 Å². The maximum Gasteiger partial charge on any atom is 0.253 e. The van der Waals surface area contributed by atoms with Gasteiger partial charge in [-0.25, -0.2) is 9.37 Å². The van der Waals surface area contributed by atoms with Gasteiger partial charge in [0.1, 0.15) is 5.82 Å². The van der Waals surface area contributed by atoms with Gasteiger partial charge in [0.15, 0.2) is 0 Å². The van der Waals surface area contributed by atoms with E-state index in [4.69, 9.17) is 0 Å². The molecule has 1 aromatic heterocycles. The molecule has 1 N–H and O–H groups in total. The molecule has 1 amide bonds. The first kappa shape index (κ1) is 14.9. The van der Waals surface area contributed by atoms with E-state index >= 15 is 0 Å². The Balaban J connectivity index is 2.09. The fraction of sp³-hybridized carbons (Fsp3) is 0.267. The van der Waals surface area contributed by atoms with E-state index in [0.29, 0.717) is 30.8 Å². The standard InChI is InChI=1S/C15H16FN3O2/c1-2-14(20)17-7-8-19-10-18-13(9-15(19)21)11-3-5-12(16)6-4-11/h3-6,9-10H,2,7-8H2,1H3,(H,17,20). The highest BCUT2D eigenvalue weighted by atomic mass is 19.1. The molecule has 0 bridgehead atoms. The van der Waals surface area contributed by atoms with Gasteiger partial charge < -0.3 is 5.32 Å². The Labute approximate surface area is 121 Å². The lowest BCUT2D eigenvalue weighted by Gasteiger charge is -2.07. The van der Waals surface area contributed by atoms with Crippen molar-refractivity contribution in [3.63, 3.8) is 0 Å². The summed E-state index contributed by atoms with van der Waals surface area (Å²) < 4.78 is 14.3. The van der Waals surface area contributed by atoms with Gasteiger partial charge in [-0.15, -0.1) is 0 Å². The predicted molar refractivity (Wildman–Crippen MR) is 77.2 cm³/mol. The Morgan fingerprint density at radius 2 is 2.05 bits per heavy atom. The number of benzene rings is 1. The van der Waals surface area contributed by atoms with Crippen molar-refractivity contribution in [3.05, 3.63) is 52.8 Å². The van der Waals surface area contributed by atoms with Gasteiger partial charge in [-0.1, -0.05) is 6.92 Å². The molecule has 1 aromatic carbocycles. The second-order valence-electron chi connectivity index (χ2n) is 4.52. The largest absolute Gasteiger partial charge is 0.354 e. The molecule has 110 valence electrons. The van der Waals surface area contributed by atoms with E-state index in [-0.39, 0.29) is 17.3 Å². The number of aromatic nitrogens is 2. The monoisotopic (exact) mass is 289 g/mol. The van der Waals surface area contributed by atoms with Crippen molar-refractivity contribution in [3.8, 4) is 11.3 Å². The van der Waals surface area contributed by atoms with Crippen LogP contribution < -0.4 is 10.9 Å². The zero-order valence-electron chi connectivity index (χ0n) is 11.7. The quantitative estimate of drug-likeness (QED) is 0.909. The molecule has 0 aliphatic carbocycles. The molecule has 0 saturated heterocycles. The summed E-state index contributed by atoms with van der Waals surface area (Å²) in [5, 5.41) is 2.69. The van der Waals surface area contributed by atoms with E-state index in [1.54, 1.807) is 19.1 Å². The topological polar surface area (TPSA) is 64.0 Å². The van der Waals surface area contributed by atoms with E-state index in [2.05, 4.69) is 10.3 Å². The minimum Gasteiger partial charge on any atom is -0.354 e. The smallest absolute Gasteiger partial charge is 0.253 e. The molecule has 0 radical (unpaired) electrons. The molecule has 2 aromatic rings. The highest BCUT2D eigenvalue weighted by Gasteiger charge is 2.04. The average Bonchev–Trinajstić information content (AvgIpc) is 2.49. The van der Waals surface area contributed by atoms with Gasteiger partial charge in [-0.3, -0.25) is 14.2 Å². The lowest BCUT2D eigenvalue weighted by molar-refractivity contribution is -0.120. The van der Waals surface area contributed by atoms with Crippen LogP contribution in [0.4, 0.5) is 4.39 Å². The van der Waals surface area contributed by atoms with Crippen LogP contribution in [0.2, 0.25) is 0 Å². The summed E-state index contributed by atoms with van der Waals surface area (Å²) in [5.41, 5.74) is 0.962. The summed E-state index contributed by atoms with van der Waals surface area (Å²) in [6, 6.07) is 7.19. The van der Waals surface area contributed by atoms with Crippen LogP contribution >= 0.6 is 0 Å². The number of nitrogens with zero attached hydrogens (tertiary/aromatic N) is 2. The summed E-state index contributed by atoms with van der Waals surface area (Å²) in [5.74, 6) is -0.391. The van der Waals surface area contributed by atoms with Crippen molar-refractivity contribution in [1.82, 2.24) is 14.9 Å². The lowest BCUT2D eigenvalue weighted by Crippen LogP contribution is -2.30. The van der Waals surface area contributed by atoms with Crippen LogP contribution in [0.3, 0.4) is 0 Å². The van der Waals surface area contributed by atoms with Crippen molar-refractivity contribution in [2.45, 2.75) is 19.9 Å². The molecule has 0 aliphatic heterocycles. The minimum atomic E-state index is -0.334. The zero-order valence-corrected chi connectivity index (χ0v) is 11.7. The first-order valence-electron chi connectivity index (χ1n) is 6.69. The number of rotatable bonds is 5. The Hall–Kier alpha value is -2.50. The molecule has 0 spiro atoms. The van der Waals surface area contributed by atoms with Gasteiger partial charge in [0.2, 0.25) is 5.91 Å². The molecule has 6 heteroatoms. The Kier molecular flexibility index (Phi) is 4.81. The third kappa shape index (κ3) is 3.98. The molecular formula is C15H16FN3O2. The predicted octanol–water partition coefficient (Wildman–Crippen LogP) is 1.58. The molecule has 2 rings (SSSR count). The highest BCUT2D eigenvalue weighted by Crippen LogP contribution is 2.14. The summed E-state index contributed by atoms with van der Waals surface area (Å²) in [4.78, 5) is 27.3. The number of hydrogen-bond acceptors (Lipinski definition) is 3. The van der Waals surface area contributed by atoms with Crippen molar-refractivity contribution in [1.29, 1.82) is 0 Å². The van der Waals surface area contributed by atoms with Crippen LogP contribution in [0.25, 0.3) is 11.3 Å². The third-order valence-electron chi connectivity index (χ3n) is 3.02. The van der Waals surface area contributed by atoms with Gasteiger partial charge in [-0.05, 0) is 24.3 Å². The van der Waals surface area contributed by atoms with Crippen molar-refractivity contribution >= 4 is 5.91 Å². The molecule has 5 nitrogen and oxygen atoms in total. The van der Waals surface area contributed by atoms with Gasteiger partial charge in [0.05, 0.1) is 12.0 Å². The van der Waals surface area contributed by atoms with Crippen LogP contribution in [0.5, 0.6) is 0 Å². The van der Waals surface area contributed by atoms with Crippen LogP contribution in [-0.2, 0) is 11.3 Å². The second-order valence-corrected chi connectivity index (χ2v) is 4.52. The maximum atomic E-state index is 12.9. The summed E-state index contributed by atoms with van der Waals surface area (Å²) in [7, 11) is 0. The number of carbonyl (C=O) groups excluding carboxylic acids is 1. The maximum absolute atomic E-state index is 12.9. The van der Waals surface area contributed by atoms with E-state index in [1.165, 1.54) is 29.1 Å². The SMILES string of the molecule is CCC(=O)NCCn1cnc(-c2ccc(F)cc2)cc1=O. The van der Waals surface area contributed by atoms with E-state index < -0.39 is 0 Å². The van der Waals surface area contributed by atoms with Crippen LogP contribution in [0.1, 0.15) is 13.3 Å². The Morgan fingerprint density at radius 3 is 2.67 bits per heavy atom. The second kappa shape index (κ2) is 6.78. The van der Waals surface area contributed by atoms with Crippen molar-refractivity contribution in [2.24, 2.45) is 0 Å². The first-order valence-corrected chi connectivity index (χ1v) is 6.69. The van der Waals surface area contributed by atoms with Gasteiger partial charge in [-0.2, -0.15) is 0 Å². The summed E-state index contributed by atoms with van der Waals surface area (Å²) in [6.45, 7) is 2.51.